The van der Waals surface area contributed by atoms with Gasteiger partial charge in [-0.3, -0.25) is 0 Å². The van der Waals surface area contributed by atoms with Crippen LogP contribution in [0.15, 0.2) is 23.9 Å². The molecule has 0 aromatic heterocycles. The van der Waals surface area contributed by atoms with E-state index in [2.05, 4.69) is 45.3 Å². The Balaban J connectivity index is -0.0000000705. The highest BCUT2D eigenvalue weighted by Crippen LogP contribution is 1.94. The summed E-state index contributed by atoms with van der Waals surface area (Å²) in [4.78, 5) is 0. The van der Waals surface area contributed by atoms with Crippen LogP contribution in [0.2, 0.25) is 0 Å². The highest BCUT2D eigenvalue weighted by molar-refractivity contribution is 4.93. The van der Waals surface area contributed by atoms with Crippen molar-refractivity contribution in [2.24, 2.45) is 5.73 Å². The predicted octanol–water partition coefficient (Wildman–Crippen LogP) is 5.29. The molecule has 0 aliphatic carbocycles. The monoisotopic (exact) mass is 239 g/mol. The average molecular weight is 239 g/mol. The molecule has 0 unspecified atom stereocenters. The molecule has 0 rings (SSSR count). The molecule has 0 amide bonds. The summed E-state index contributed by atoms with van der Waals surface area (Å²) >= 11 is 0. The molecule has 0 aliphatic heterocycles. The Morgan fingerprint density at radius 3 is 1.41 bits per heavy atom. The van der Waals surface area contributed by atoms with Gasteiger partial charge in [0.2, 0.25) is 0 Å². The molecule has 0 saturated carbocycles. The van der Waals surface area contributed by atoms with E-state index in [-0.39, 0.29) is 0 Å². The zero-order valence-corrected chi connectivity index (χ0v) is 13.3. The minimum Gasteiger partial charge on any atom is -0.403 e. The maximum atomic E-state index is 5.10. The lowest BCUT2D eigenvalue weighted by molar-refractivity contribution is 1.08. The molecule has 0 aromatic carbocycles. The third-order valence-electron chi connectivity index (χ3n) is 1.75. The normalized spacial score (nSPS) is 7.65. The molecule has 0 heterocycles. The van der Waals surface area contributed by atoms with Crippen molar-refractivity contribution < 1.29 is 0 Å². The van der Waals surface area contributed by atoms with Crippen molar-refractivity contribution in [1.82, 2.24) is 0 Å². The van der Waals surface area contributed by atoms with Gasteiger partial charge in [0.25, 0.3) is 0 Å². The van der Waals surface area contributed by atoms with E-state index in [1.54, 1.807) is 0 Å². The van der Waals surface area contributed by atoms with Crippen LogP contribution in [-0.4, -0.2) is 0 Å². The lowest BCUT2D eigenvalue weighted by Gasteiger charge is -1.85. The van der Waals surface area contributed by atoms with Crippen molar-refractivity contribution in [3.63, 3.8) is 0 Å². The van der Waals surface area contributed by atoms with E-state index < -0.39 is 0 Å². The topological polar surface area (TPSA) is 26.0 Å². The lowest BCUT2D eigenvalue weighted by Crippen LogP contribution is -1.89. The fourth-order valence-corrected chi connectivity index (χ4v) is 0.204. The van der Waals surface area contributed by atoms with Crippen molar-refractivity contribution in [3.8, 4) is 11.8 Å². The Morgan fingerprint density at radius 1 is 1.12 bits per heavy atom. The van der Waals surface area contributed by atoms with Crippen LogP contribution in [0.1, 0.15) is 68.2 Å². The summed E-state index contributed by atoms with van der Waals surface area (Å²) in [5.74, 6) is 5.36. The molecule has 0 aromatic rings. The second-order valence-corrected chi connectivity index (χ2v) is 3.00. The summed E-state index contributed by atoms with van der Waals surface area (Å²) in [6, 6.07) is 0. The SMILES string of the molecule is C/C=C(\C)CC.C=C(N)CC.CC.CC#CC. The molecule has 2 N–H and O–H groups in total. The van der Waals surface area contributed by atoms with Gasteiger partial charge in [0.15, 0.2) is 0 Å². The van der Waals surface area contributed by atoms with E-state index >= 15 is 0 Å². The zero-order chi connectivity index (χ0) is 14.7. The first-order chi connectivity index (χ1) is 7.99. The second-order valence-electron chi connectivity index (χ2n) is 3.00. The standard InChI is InChI=1S/C6H12.C4H9N.C4H6.C2H6/c1-4-6(3)5-2;1-3-4(2)5;1-3-4-2;1-2/h4H,5H2,1-3H3;2-3,5H2,1H3;1-2H3;1-2H3/b6-4+;;;. The first-order valence-corrected chi connectivity index (χ1v) is 6.38. The molecule has 0 atom stereocenters. The molecule has 0 saturated heterocycles. The number of allylic oxidation sites excluding steroid dienone is 3. The van der Waals surface area contributed by atoms with Gasteiger partial charge < -0.3 is 5.73 Å². The lowest BCUT2D eigenvalue weighted by atomic mass is 10.2. The van der Waals surface area contributed by atoms with Crippen LogP contribution >= 0.6 is 0 Å². The van der Waals surface area contributed by atoms with Crippen LogP contribution in [0.4, 0.5) is 0 Å². The van der Waals surface area contributed by atoms with Gasteiger partial charge in [-0.25, -0.2) is 0 Å². The first kappa shape index (κ1) is 24.9. The van der Waals surface area contributed by atoms with Crippen LogP contribution in [-0.2, 0) is 0 Å². The fourth-order valence-electron chi connectivity index (χ4n) is 0.204. The summed E-state index contributed by atoms with van der Waals surface area (Å²) in [5, 5.41) is 0. The van der Waals surface area contributed by atoms with Crippen molar-refractivity contribution in [1.29, 1.82) is 0 Å². The second kappa shape index (κ2) is 29.4. The van der Waals surface area contributed by atoms with Gasteiger partial charge in [0.05, 0.1) is 0 Å². The van der Waals surface area contributed by atoms with E-state index in [1.807, 2.05) is 34.6 Å². The third-order valence-corrected chi connectivity index (χ3v) is 1.75. The highest BCUT2D eigenvalue weighted by Gasteiger charge is 1.73. The van der Waals surface area contributed by atoms with Gasteiger partial charge in [-0.2, -0.15) is 0 Å². The Hall–Kier alpha value is -1.16. The Kier molecular flexibility index (Phi) is 43.0. The van der Waals surface area contributed by atoms with Crippen LogP contribution in [0.25, 0.3) is 0 Å². The summed E-state index contributed by atoms with van der Waals surface area (Å²) in [6.45, 7) is 19.4. The van der Waals surface area contributed by atoms with Crippen molar-refractivity contribution in [3.05, 3.63) is 23.9 Å². The van der Waals surface area contributed by atoms with E-state index in [0.29, 0.717) is 0 Å². The summed E-state index contributed by atoms with van der Waals surface area (Å²) in [5.41, 5.74) is 7.32. The van der Waals surface area contributed by atoms with Gasteiger partial charge in [0.1, 0.15) is 0 Å². The maximum absolute atomic E-state index is 5.10. The van der Waals surface area contributed by atoms with E-state index in [9.17, 15) is 0 Å². The van der Waals surface area contributed by atoms with Crippen molar-refractivity contribution in [2.45, 2.75) is 68.2 Å². The van der Waals surface area contributed by atoms with E-state index in [0.717, 1.165) is 12.1 Å². The van der Waals surface area contributed by atoms with Gasteiger partial charge in [0, 0.05) is 5.70 Å². The molecular formula is C16H33N. The molecular weight excluding hydrogens is 206 g/mol. The Morgan fingerprint density at radius 2 is 1.41 bits per heavy atom. The van der Waals surface area contributed by atoms with E-state index in [4.69, 9.17) is 5.73 Å². The number of hydrogen-bond acceptors (Lipinski definition) is 1. The van der Waals surface area contributed by atoms with Crippen LogP contribution in [0, 0.1) is 11.8 Å². The maximum Gasteiger partial charge on any atom is 0.000466 e. The van der Waals surface area contributed by atoms with Gasteiger partial charge >= 0.3 is 0 Å². The molecule has 0 spiro atoms. The minimum absolute atomic E-state index is 0.755. The molecule has 1 heteroatoms. The largest absolute Gasteiger partial charge is 0.403 e. The average Bonchev–Trinajstić information content (AvgIpc) is 2.40. The van der Waals surface area contributed by atoms with Gasteiger partial charge in [-0.1, -0.05) is 45.9 Å². The summed E-state index contributed by atoms with van der Waals surface area (Å²) in [7, 11) is 0. The molecule has 17 heavy (non-hydrogen) atoms. The third kappa shape index (κ3) is 71.7. The number of nitrogens with two attached hydrogens (primary N) is 1. The van der Waals surface area contributed by atoms with Gasteiger partial charge in [-0.15, -0.1) is 11.8 Å². The number of rotatable bonds is 2. The fraction of sp³-hybridized carbons (Fsp3) is 0.625. The molecule has 0 radical (unpaired) electrons. The summed E-state index contributed by atoms with van der Waals surface area (Å²) in [6.07, 6.45) is 4.22. The Labute approximate surface area is 110 Å². The smallest absolute Gasteiger partial charge is 0.000466 e. The van der Waals surface area contributed by atoms with Crippen molar-refractivity contribution >= 4 is 0 Å². The molecule has 0 fully saturated rings. The van der Waals surface area contributed by atoms with Crippen LogP contribution in [0.3, 0.4) is 0 Å². The van der Waals surface area contributed by atoms with Crippen LogP contribution in [0.5, 0.6) is 0 Å². The van der Waals surface area contributed by atoms with Crippen molar-refractivity contribution in [2.75, 3.05) is 0 Å². The first-order valence-electron chi connectivity index (χ1n) is 6.38. The van der Waals surface area contributed by atoms with Crippen LogP contribution < -0.4 is 5.73 Å². The zero-order valence-electron chi connectivity index (χ0n) is 13.3. The molecule has 0 bridgehead atoms. The van der Waals surface area contributed by atoms with E-state index in [1.165, 1.54) is 12.0 Å². The minimum atomic E-state index is 0.755. The Bertz CT molecular complexity index is 207. The number of hydrogen-bond donors (Lipinski definition) is 1. The molecule has 0 aliphatic rings. The predicted molar refractivity (Wildman–Crippen MR) is 83.8 cm³/mol. The summed E-state index contributed by atoms with van der Waals surface area (Å²) < 4.78 is 0. The quantitative estimate of drug-likeness (QED) is 0.514. The molecule has 102 valence electrons. The highest BCUT2D eigenvalue weighted by atomic mass is 14.5. The molecule has 1 nitrogen and oxygen atoms in total. The van der Waals surface area contributed by atoms with Gasteiger partial charge in [-0.05, 0) is 40.5 Å².